The van der Waals surface area contributed by atoms with E-state index in [0.717, 1.165) is 5.69 Å². The number of nitrogens with zero attached hydrogens (tertiary/aromatic N) is 2. The maximum absolute atomic E-state index is 12.3. The van der Waals surface area contributed by atoms with Gasteiger partial charge in [-0.25, -0.2) is 18.0 Å². The summed E-state index contributed by atoms with van der Waals surface area (Å²) in [4.78, 5) is 27.6. The monoisotopic (exact) mass is 381 g/mol. The summed E-state index contributed by atoms with van der Waals surface area (Å²) in [5.74, 6) is -0.189. The van der Waals surface area contributed by atoms with E-state index in [-0.39, 0.29) is 29.5 Å². The lowest BCUT2D eigenvalue weighted by Crippen LogP contribution is -2.53. The molecule has 0 saturated carbocycles. The third kappa shape index (κ3) is 4.27. The SMILES string of the molecule is COC(=O)c1ccc(N2CCN(C(=O)NC3CCS(=O)(=O)C3)CC2)cc1. The summed E-state index contributed by atoms with van der Waals surface area (Å²) in [6.07, 6.45) is 0.487. The molecule has 2 amide bonds. The number of anilines is 1. The topological polar surface area (TPSA) is 96.0 Å². The Morgan fingerprint density at radius 2 is 1.77 bits per heavy atom. The Kier molecular flexibility index (Phi) is 5.36. The lowest BCUT2D eigenvalue weighted by atomic mass is 10.2. The van der Waals surface area contributed by atoms with Crippen LogP contribution in [0.2, 0.25) is 0 Å². The van der Waals surface area contributed by atoms with Gasteiger partial charge >= 0.3 is 12.0 Å². The van der Waals surface area contributed by atoms with Crippen LogP contribution in [0, 0.1) is 0 Å². The van der Waals surface area contributed by atoms with Gasteiger partial charge in [0.1, 0.15) is 0 Å². The number of carbonyl (C=O) groups excluding carboxylic acids is 2. The van der Waals surface area contributed by atoms with Crippen LogP contribution in [0.5, 0.6) is 0 Å². The number of sulfone groups is 1. The zero-order valence-corrected chi connectivity index (χ0v) is 15.5. The quantitative estimate of drug-likeness (QED) is 0.766. The van der Waals surface area contributed by atoms with Crippen molar-refractivity contribution in [3.05, 3.63) is 29.8 Å². The standard InChI is InChI=1S/C17H23N3O5S/c1-25-16(21)13-2-4-15(5-3-13)19-7-9-20(10-8-19)17(22)18-14-6-11-26(23,24)12-14/h2-5,14H,6-12H2,1H3,(H,18,22). The first-order chi connectivity index (χ1) is 12.4. The number of hydrogen-bond donors (Lipinski definition) is 1. The Labute approximate surface area is 153 Å². The number of urea groups is 1. The first-order valence-corrected chi connectivity index (χ1v) is 10.4. The number of nitrogens with one attached hydrogen (secondary N) is 1. The van der Waals surface area contributed by atoms with Gasteiger partial charge in [-0.05, 0) is 30.7 Å². The average Bonchev–Trinajstić information content (AvgIpc) is 2.99. The van der Waals surface area contributed by atoms with Gasteiger partial charge in [0.2, 0.25) is 0 Å². The van der Waals surface area contributed by atoms with E-state index >= 15 is 0 Å². The fourth-order valence-corrected chi connectivity index (χ4v) is 4.94. The maximum atomic E-state index is 12.3. The van der Waals surface area contributed by atoms with E-state index in [9.17, 15) is 18.0 Å². The lowest BCUT2D eigenvalue weighted by Gasteiger charge is -2.36. The molecule has 2 aliphatic rings. The van der Waals surface area contributed by atoms with Gasteiger partial charge in [0.05, 0.1) is 24.2 Å². The Morgan fingerprint density at radius 3 is 2.31 bits per heavy atom. The molecule has 3 rings (SSSR count). The molecule has 0 spiro atoms. The highest BCUT2D eigenvalue weighted by molar-refractivity contribution is 7.91. The van der Waals surface area contributed by atoms with Gasteiger partial charge < -0.3 is 19.9 Å². The zero-order valence-electron chi connectivity index (χ0n) is 14.7. The maximum Gasteiger partial charge on any atom is 0.337 e. The minimum atomic E-state index is -3.00. The zero-order chi connectivity index (χ0) is 18.7. The summed E-state index contributed by atoms with van der Waals surface area (Å²) in [6.45, 7) is 2.47. The first-order valence-electron chi connectivity index (χ1n) is 8.57. The normalized spacial score (nSPS) is 22.1. The van der Waals surface area contributed by atoms with Crippen molar-refractivity contribution < 1.29 is 22.7 Å². The molecule has 1 aromatic rings. The Bertz CT molecular complexity index is 770. The number of rotatable bonds is 3. The Hall–Kier alpha value is -2.29. The fourth-order valence-electron chi connectivity index (χ4n) is 3.27. The van der Waals surface area contributed by atoms with Crippen molar-refractivity contribution in [2.45, 2.75) is 12.5 Å². The van der Waals surface area contributed by atoms with Gasteiger partial charge in [-0.15, -0.1) is 0 Å². The summed E-state index contributed by atoms with van der Waals surface area (Å²) in [6, 6.07) is 6.70. The van der Waals surface area contributed by atoms with Crippen LogP contribution in [0.4, 0.5) is 10.5 Å². The predicted octanol–water partition coefficient (Wildman–Crippen LogP) is 0.492. The molecule has 0 bridgehead atoms. The van der Waals surface area contributed by atoms with Crippen LogP contribution in [0.1, 0.15) is 16.8 Å². The third-order valence-corrected chi connectivity index (χ3v) is 6.55. The van der Waals surface area contributed by atoms with Crippen molar-refractivity contribution >= 4 is 27.5 Å². The van der Waals surface area contributed by atoms with Crippen molar-refractivity contribution in [2.75, 3.05) is 49.7 Å². The van der Waals surface area contributed by atoms with Gasteiger partial charge in [-0.2, -0.15) is 0 Å². The molecule has 8 nitrogen and oxygen atoms in total. The number of ether oxygens (including phenoxy) is 1. The molecule has 26 heavy (non-hydrogen) atoms. The van der Waals surface area contributed by atoms with Crippen molar-refractivity contribution in [1.82, 2.24) is 10.2 Å². The minimum absolute atomic E-state index is 0.0330. The largest absolute Gasteiger partial charge is 0.465 e. The van der Waals surface area contributed by atoms with E-state index in [1.165, 1.54) is 7.11 Å². The highest BCUT2D eigenvalue weighted by Crippen LogP contribution is 2.18. The van der Waals surface area contributed by atoms with Crippen LogP contribution in [0.3, 0.4) is 0 Å². The van der Waals surface area contributed by atoms with Gasteiger partial charge in [-0.1, -0.05) is 0 Å². The fraction of sp³-hybridized carbons (Fsp3) is 0.529. The molecule has 2 saturated heterocycles. The molecule has 1 unspecified atom stereocenters. The molecule has 142 valence electrons. The summed E-state index contributed by atoms with van der Waals surface area (Å²) < 4.78 is 27.7. The van der Waals surface area contributed by atoms with Crippen molar-refractivity contribution in [1.29, 1.82) is 0 Å². The van der Waals surface area contributed by atoms with E-state index in [1.54, 1.807) is 17.0 Å². The number of esters is 1. The molecule has 1 N–H and O–H groups in total. The molecular formula is C17H23N3O5S. The van der Waals surface area contributed by atoms with Crippen LogP contribution in [0.15, 0.2) is 24.3 Å². The van der Waals surface area contributed by atoms with Crippen LogP contribution < -0.4 is 10.2 Å². The minimum Gasteiger partial charge on any atom is -0.465 e. The number of hydrogen-bond acceptors (Lipinski definition) is 6. The summed E-state index contributed by atoms with van der Waals surface area (Å²) >= 11 is 0. The van der Waals surface area contributed by atoms with Gasteiger partial charge in [0.15, 0.2) is 9.84 Å². The highest BCUT2D eigenvalue weighted by Gasteiger charge is 2.31. The summed E-state index contributed by atoms with van der Waals surface area (Å²) in [5.41, 5.74) is 1.49. The van der Waals surface area contributed by atoms with Crippen molar-refractivity contribution in [3.63, 3.8) is 0 Å². The second kappa shape index (κ2) is 7.53. The van der Waals surface area contributed by atoms with Crippen molar-refractivity contribution in [2.24, 2.45) is 0 Å². The Balaban J connectivity index is 1.51. The molecule has 1 atom stereocenters. The number of amides is 2. The highest BCUT2D eigenvalue weighted by atomic mass is 32.2. The van der Waals surface area contributed by atoms with E-state index in [2.05, 4.69) is 15.0 Å². The molecule has 2 heterocycles. The number of piperazine rings is 1. The van der Waals surface area contributed by atoms with Crippen molar-refractivity contribution in [3.8, 4) is 0 Å². The summed E-state index contributed by atoms with van der Waals surface area (Å²) in [5, 5.41) is 2.82. The number of carbonyl (C=O) groups is 2. The molecule has 0 aliphatic carbocycles. The molecule has 0 radical (unpaired) electrons. The summed E-state index contributed by atoms with van der Waals surface area (Å²) in [7, 11) is -1.65. The van der Waals surface area contributed by atoms with E-state index in [0.29, 0.717) is 38.2 Å². The van der Waals surface area contributed by atoms with Crippen LogP contribution >= 0.6 is 0 Å². The van der Waals surface area contributed by atoms with Gasteiger partial charge in [0.25, 0.3) is 0 Å². The first kappa shape index (κ1) is 18.5. The number of methoxy groups -OCH3 is 1. The lowest BCUT2D eigenvalue weighted by molar-refractivity contribution is 0.0600. The second-order valence-corrected chi connectivity index (χ2v) is 8.79. The number of benzene rings is 1. The molecular weight excluding hydrogens is 358 g/mol. The van der Waals surface area contributed by atoms with Crippen LogP contribution in [-0.2, 0) is 14.6 Å². The van der Waals surface area contributed by atoms with Gasteiger partial charge in [0, 0.05) is 37.9 Å². The molecule has 1 aromatic carbocycles. The predicted molar refractivity (Wildman–Crippen MR) is 97.2 cm³/mol. The van der Waals surface area contributed by atoms with Crippen LogP contribution in [-0.4, -0.2) is 76.2 Å². The molecule has 2 fully saturated rings. The van der Waals surface area contributed by atoms with E-state index < -0.39 is 9.84 Å². The van der Waals surface area contributed by atoms with Gasteiger partial charge in [-0.3, -0.25) is 0 Å². The molecule has 2 aliphatic heterocycles. The van der Waals surface area contributed by atoms with E-state index in [1.807, 2.05) is 12.1 Å². The molecule has 9 heteroatoms. The molecule has 0 aromatic heterocycles. The third-order valence-electron chi connectivity index (χ3n) is 4.78. The smallest absolute Gasteiger partial charge is 0.337 e. The second-order valence-electron chi connectivity index (χ2n) is 6.56. The average molecular weight is 381 g/mol. The van der Waals surface area contributed by atoms with E-state index in [4.69, 9.17) is 0 Å². The van der Waals surface area contributed by atoms with Crippen LogP contribution in [0.25, 0.3) is 0 Å². The Morgan fingerprint density at radius 1 is 1.12 bits per heavy atom.